The lowest BCUT2D eigenvalue weighted by atomic mass is 9.83. The number of benzene rings is 1. The molecule has 4 nitrogen and oxygen atoms in total. The number of furan rings is 1. The van der Waals surface area contributed by atoms with Gasteiger partial charge in [-0.05, 0) is 25.0 Å². The Kier molecular flexibility index (Phi) is 2.54. The number of fused-ring (bicyclic) bond motifs is 2. The predicted molar refractivity (Wildman–Crippen MR) is 76.3 cm³/mol. The van der Waals surface area contributed by atoms with E-state index in [-0.39, 0.29) is 0 Å². The molecular formula is C16H16N2O2. The van der Waals surface area contributed by atoms with E-state index in [0.717, 1.165) is 42.2 Å². The van der Waals surface area contributed by atoms with Gasteiger partial charge in [-0.3, -0.25) is 0 Å². The van der Waals surface area contributed by atoms with Crippen LogP contribution in [0, 0.1) is 0 Å². The highest BCUT2D eigenvalue weighted by Crippen LogP contribution is 2.38. The van der Waals surface area contributed by atoms with Gasteiger partial charge in [0.25, 0.3) is 0 Å². The maximum atomic E-state index is 10.7. The van der Waals surface area contributed by atoms with Crippen molar-refractivity contribution >= 4 is 22.3 Å². The summed E-state index contributed by atoms with van der Waals surface area (Å²) in [5, 5.41) is 10.7. The van der Waals surface area contributed by atoms with Gasteiger partial charge in [0.05, 0.1) is 11.0 Å². The summed E-state index contributed by atoms with van der Waals surface area (Å²) in [5.74, 6) is 0.613. The zero-order valence-electron chi connectivity index (χ0n) is 11.2. The van der Waals surface area contributed by atoms with Crippen molar-refractivity contribution in [1.82, 2.24) is 9.97 Å². The molecule has 0 spiro atoms. The van der Waals surface area contributed by atoms with Gasteiger partial charge in [-0.15, -0.1) is 0 Å². The largest absolute Gasteiger partial charge is 0.438 e. The third kappa shape index (κ3) is 1.79. The van der Waals surface area contributed by atoms with Crippen molar-refractivity contribution in [1.29, 1.82) is 0 Å². The second-order valence-electron chi connectivity index (χ2n) is 5.61. The number of aromatic nitrogens is 2. The summed E-state index contributed by atoms with van der Waals surface area (Å²) in [6, 6.07) is 9.57. The highest BCUT2D eigenvalue weighted by molar-refractivity contribution is 5.83. The molecular weight excluding hydrogens is 252 g/mol. The smallest absolute Gasteiger partial charge is 0.246 e. The minimum atomic E-state index is -0.840. The van der Waals surface area contributed by atoms with E-state index in [1.54, 1.807) is 0 Å². The third-order valence-electron chi connectivity index (χ3n) is 4.18. The fraction of sp³-hybridized carbons (Fsp3) is 0.375. The van der Waals surface area contributed by atoms with Gasteiger partial charge in [-0.2, -0.15) is 0 Å². The minimum absolute atomic E-state index is 0.512. The summed E-state index contributed by atoms with van der Waals surface area (Å²) in [4.78, 5) is 9.04. The van der Waals surface area contributed by atoms with Crippen molar-refractivity contribution < 1.29 is 9.52 Å². The Balaban J connectivity index is 1.87. The summed E-state index contributed by atoms with van der Waals surface area (Å²) in [5.41, 5.74) is 2.06. The van der Waals surface area contributed by atoms with Crippen molar-refractivity contribution in [3.8, 4) is 0 Å². The van der Waals surface area contributed by atoms with Gasteiger partial charge in [0.15, 0.2) is 0 Å². The molecule has 2 heterocycles. The van der Waals surface area contributed by atoms with Gasteiger partial charge in [-0.25, -0.2) is 9.97 Å². The standard InChI is InChI=1S/C16H16N2O2/c19-16(8-4-1-5-9-16)14-10-13-15(20-14)18-12-7-3-2-6-11(12)17-13/h2-3,6-7,10,19H,1,4-5,8-9H2. The summed E-state index contributed by atoms with van der Waals surface area (Å²) in [7, 11) is 0. The first-order chi connectivity index (χ1) is 9.74. The molecule has 0 aliphatic heterocycles. The van der Waals surface area contributed by atoms with E-state index in [2.05, 4.69) is 9.97 Å². The van der Waals surface area contributed by atoms with Gasteiger partial charge in [-0.1, -0.05) is 31.4 Å². The van der Waals surface area contributed by atoms with E-state index >= 15 is 0 Å². The topological polar surface area (TPSA) is 59.2 Å². The first-order valence-corrected chi connectivity index (χ1v) is 7.14. The van der Waals surface area contributed by atoms with Crippen LogP contribution >= 0.6 is 0 Å². The van der Waals surface area contributed by atoms with Crippen molar-refractivity contribution in [3.05, 3.63) is 36.1 Å². The molecule has 102 valence electrons. The number of hydrogen-bond donors (Lipinski definition) is 1. The fourth-order valence-corrected chi connectivity index (χ4v) is 3.04. The second kappa shape index (κ2) is 4.28. The van der Waals surface area contributed by atoms with E-state index in [9.17, 15) is 5.11 Å². The van der Waals surface area contributed by atoms with Crippen molar-refractivity contribution in [3.63, 3.8) is 0 Å². The minimum Gasteiger partial charge on any atom is -0.438 e. The highest BCUT2D eigenvalue weighted by Gasteiger charge is 2.34. The Labute approximate surface area is 116 Å². The normalized spacial score (nSPS) is 18.6. The van der Waals surface area contributed by atoms with E-state index in [0.29, 0.717) is 11.5 Å². The highest BCUT2D eigenvalue weighted by atomic mass is 16.4. The molecule has 0 bridgehead atoms. The van der Waals surface area contributed by atoms with Crippen LogP contribution in [0.2, 0.25) is 0 Å². The summed E-state index contributed by atoms with van der Waals surface area (Å²) < 4.78 is 5.80. The van der Waals surface area contributed by atoms with E-state index in [4.69, 9.17) is 4.42 Å². The second-order valence-corrected chi connectivity index (χ2v) is 5.61. The number of nitrogens with zero attached hydrogens (tertiary/aromatic N) is 2. The van der Waals surface area contributed by atoms with Gasteiger partial charge in [0, 0.05) is 6.07 Å². The van der Waals surface area contributed by atoms with E-state index in [1.807, 2.05) is 30.3 Å². The van der Waals surface area contributed by atoms with Gasteiger partial charge in [0.1, 0.15) is 16.9 Å². The Morgan fingerprint density at radius 1 is 0.950 bits per heavy atom. The molecule has 2 aromatic heterocycles. The number of rotatable bonds is 1. The molecule has 1 saturated carbocycles. The lowest BCUT2D eigenvalue weighted by Gasteiger charge is -2.29. The third-order valence-corrected chi connectivity index (χ3v) is 4.18. The predicted octanol–water partition coefficient (Wildman–Crippen LogP) is 3.53. The molecule has 1 N–H and O–H groups in total. The summed E-state index contributed by atoms with van der Waals surface area (Å²) >= 11 is 0. The molecule has 0 radical (unpaired) electrons. The van der Waals surface area contributed by atoms with Crippen molar-refractivity contribution in [2.45, 2.75) is 37.7 Å². The molecule has 0 amide bonds. The maximum Gasteiger partial charge on any atom is 0.246 e. The van der Waals surface area contributed by atoms with Crippen LogP contribution in [0.5, 0.6) is 0 Å². The zero-order valence-corrected chi connectivity index (χ0v) is 11.2. The van der Waals surface area contributed by atoms with Crippen LogP contribution in [0.25, 0.3) is 22.3 Å². The van der Waals surface area contributed by atoms with Crippen LogP contribution in [-0.4, -0.2) is 15.1 Å². The average molecular weight is 268 g/mol. The molecule has 1 fully saturated rings. The Morgan fingerprint density at radius 3 is 2.40 bits per heavy atom. The van der Waals surface area contributed by atoms with Gasteiger partial charge in [0.2, 0.25) is 5.71 Å². The molecule has 1 aliphatic carbocycles. The van der Waals surface area contributed by atoms with Crippen LogP contribution in [0.3, 0.4) is 0 Å². The number of aliphatic hydroxyl groups is 1. The Morgan fingerprint density at radius 2 is 1.65 bits per heavy atom. The molecule has 3 aromatic rings. The van der Waals surface area contributed by atoms with Crippen LogP contribution in [0.15, 0.2) is 34.7 Å². The Hall–Kier alpha value is -1.94. The SMILES string of the molecule is OC1(c2cc3nc4ccccc4nc3o2)CCCCC1. The lowest BCUT2D eigenvalue weighted by Crippen LogP contribution is -2.27. The number of hydrogen-bond acceptors (Lipinski definition) is 4. The Bertz CT molecular complexity index is 720. The summed E-state index contributed by atoms with van der Waals surface area (Å²) in [6.45, 7) is 0. The van der Waals surface area contributed by atoms with Gasteiger partial charge >= 0.3 is 0 Å². The molecule has 20 heavy (non-hydrogen) atoms. The molecule has 0 saturated heterocycles. The van der Waals surface area contributed by atoms with Crippen LogP contribution in [0.1, 0.15) is 37.9 Å². The first-order valence-electron chi connectivity index (χ1n) is 7.14. The molecule has 4 heteroatoms. The van der Waals surface area contributed by atoms with Crippen molar-refractivity contribution in [2.75, 3.05) is 0 Å². The molecule has 0 atom stereocenters. The van der Waals surface area contributed by atoms with E-state index in [1.165, 1.54) is 6.42 Å². The van der Waals surface area contributed by atoms with Gasteiger partial charge < -0.3 is 9.52 Å². The molecule has 0 unspecified atom stereocenters. The maximum absolute atomic E-state index is 10.7. The zero-order chi connectivity index (χ0) is 13.6. The van der Waals surface area contributed by atoms with Crippen molar-refractivity contribution in [2.24, 2.45) is 0 Å². The average Bonchev–Trinajstić information content (AvgIpc) is 2.89. The summed E-state index contributed by atoms with van der Waals surface area (Å²) in [6.07, 6.45) is 4.77. The van der Waals surface area contributed by atoms with Crippen LogP contribution in [-0.2, 0) is 5.60 Å². The van der Waals surface area contributed by atoms with Crippen LogP contribution in [0.4, 0.5) is 0 Å². The molecule has 1 aliphatic rings. The number of para-hydroxylation sites is 2. The lowest BCUT2D eigenvalue weighted by molar-refractivity contribution is -0.0187. The molecule has 4 rings (SSSR count). The van der Waals surface area contributed by atoms with Crippen LogP contribution < -0.4 is 0 Å². The first kappa shape index (κ1) is 11.9. The van der Waals surface area contributed by atoms with E-state index < -0.39 is 5.60 Å². The quantitative estimate of drug-likeness (QED) is 0.733. The monoisotopic (exact) mass is 268 g/mol. The molecule has 1 aromatic carbocycles. The fourth-order valence-electron chi connectivity index (χ4n) is 3.04.